The molecule has 1 saturated heterocycles. The number of fused-ring (bicyclic) bond motifs is 2. The lowest BCUT2D eigenvalue weighted by atomic mass is 9.79. The first kappa shape index (κ1) is 31.3. The van der Waals surface area contributed by atoms with Crippen molar-refractivity contribution in [2.75, 3.05) is 18.4 Å². The molecule has 2 heterocycles. The maximum atomic E-state index is 14.7. The van der Waals surface area contributed by atoms with Crippen molar-refractivity contribution in [3.8, 4) is 0 Å². The second kappa shape index (κ2) is 13.6. The Morgan fingerprint density at radius 1 is 1.04 bits per heavy atom. The summed E-state index contributed by atoms with van der Waals surface area (Å²) in [6.45, 7) is 7.82. The molecule has 3 aromatic rings. The third-order valence-corrected chi connectivity index (χ3v) is 8.63. The highest BCUT2D eigenvalue weighted by molar-refractivity contribution is 6.08. The van der Waals surface area contributed by atoms with Crippen LogP contribution in [0, 0.1) is 0 Å². The highest BCUT2D eigenvalue weighted by Crippen LogP contribution is 2.47. The van der Waals surface area contributed by atoms with Gasteiger partial charge in [-0.1, -0.05) is 85.5 Å². The maximum absolute atomic E-state index is 14.7. The third-order valence-electron chi connectivity index (χ3n) is 8.63. The average Bonchev–Trinajstić information content (AvgIpc) is 3.60. The van der Waals surface area contributed by atoms with Gasteiger partial charge in [-0.2, -0.15) is 0 Å². The Kier molecular flexibility index (Phi) is 9.47. The number of carbonyl (C=O) groups excluding carboxylic acids is 4. The van der Waals surface area contributed by atoms with E-state index in [2.05, 4.69) is 18.5 Å². The summed E-state index contributed by atoms with van der Waals surface area (Å²) < 4.78 is 5.73. The van der Waals surface area contributed by atoms with Crippen LogP contribution in [0.5, 0.6) is 0 Å². The monoisotopic (exact) mass is 606 g/mol. The van der Waals surface area contributed by atoms with Crippen molar-refractivity contribution >= 4 is 35.6 Å². The maximum Gasteiger partial charge on any atom is 0.410 e. The molecule has 3 N–H and O–H groups in total. The molecule has 1 spiro atoms. The van der Waals surface area contributed by atoms with E-state index in [0.717, 1.165) is 16.7 Å². The van der Waals surface area contributed by atoms with E-state index in [9.17, 15) is 19.2 Å². The molecule has 45 heavy (non-hydrogen) atoms. The van der Waals surface area contributed by atoms with Crippen LogP contribution < -0.4 is 11.1 Å². The van der Waals surface area contributed by atoms with Crippen LogP contribution in [-0.4, -0.2) is 58.8 Å². The zero-order chi connectivity index (χ0) is 32.0. The molecule has 0 radical (unpaired) electrons. The van der Waals surface area contributed by atoms with E-state index in [1.54, 1.807) is 18.2 Å². The van der Waals surface area contributed by atoms with Crippen LogP contribution in [0.1, 0.15) is 41.5 Å². The Bertz CT molecular complexity index is 1590. The third kappa shape index (κ3) is 6.52. The van der Waals surface area contributed by atoms with E-state index >= 15 is 0 Å². The summed E-state index contributed by atoms with van der Waals surface area (Å²) in [5, 5.41) is 2.92. The van der Waals surface area contributed by atoms with Gasteiger partial charge >= 0.3 is 6.09 Å². The van der Waals surface area contributed by atoms with E-state index in [0.29, 0.717) is 24.1 Å². The molecule has 0 saturated carbocycles. The van der Waals surface area contributed by atoms with Gasteiger partial charge in [0.05, 0.1) is 5.41 Å². The molecule has 4 amide bonds. The summed E-state index contributed by atoms with van der Waals surface area (Å²) in [5.74, 6) is -1.49. The number of amides is 4. The number of nitrogens with two attached hydrogens (primary N) is 1. The van der Waals surface area contributed by atoms with Crippen LogP contribution in [0.3, 0.4) is 0 Å². The van der Waals surface area contributed by atoms with Crippen LogP contribution in [-0.2, 0) is 37.6 Å². The average molecular weight is 607 g/mol. The van der Waals surface area contributed by atoms with Crippen molar-refractivity contribution in [3.05, 3.63) is 120 Å². The van der Waals surface area contributed by atoms with Gasteiger partial charge in [-0.05, 0) is 53.6 Å². The number of allylic oxidation sites excluding steroid dienone is 1. The summed E-state index contributed by atoms with van der Waals surface area (Å²) in [5.41, 5.74) is 8.48. The number of hydrogen-bond acceptors (Lipinski definition) is 5. The first-order valence-corrected chi connectivity index (χ1v) is 15.1. The van der Waals surface area contributed by atoms with E-state index in [4.69, 9.17) is 10.5 Å². The second-order valence-electron chi connectivity index (χ2n) is 11.5. The van der Waals surface area contributed by atoms with E-state index in [-0.39, 0.29) is 38.4 Å². The molecule has 2 aliphatic heterocycles. The first-order valence-electron chi connectivity index (χ1n) is 15.1. The highest BCUT2D eigenvalue weighted by Gasteiger charge is 2.58. The molecule has 232 valence electrons. The minimum absolute atomic E-state index is 0.0283. The van der Waals surface area contributed by atoms with Crippen molar-refractivity contribution in [1.82, 2.24) is 9.80 Å². The Balaban J connectivity index is 1.51. The molecule has 0 bridgehead atoms. The SMILES string of the molecule is C=CCCCN(C(=O)OCc1ccccc1)[C@@H](Cc1ccccc1)C(=O)N1C[C@]2(C[C@H]1C(N)=O)C(=O)Nc1ccc(C=C)cc12. The lowest BCUT2D eigenvalue weighted by molar-refractivity contribution is -0.141. The van der Waals surface area contributed by atoms with Crippen LogP contribution in [0.15, 0.2) is 98.1 Å². The van der Waals surface area contributed by atoms with Crippen LogP contribution in [0.25, 0.3) is 6.08 Å². The molecule has 0 aliphatic carbocycles. The molecule has 9 nitrogen and oxygen atoms in total. The normalized spacial score (nSPS) is 19.0. The molecular weight excluding hydrogens is 568 g/mol. The van der Waals surface area contributed by atoms with Crippen LogP contribution >= 0.6 is 0 Å². The topological polar surface area (TPSA) is 122 Å². The first-order chi connectivity index (χ1) is 21.8. The van der Waals surface area contributed by atoms with Crippen LogP contribution in [0.4, 0.5) is 10.5 Å². The lowest BCUT2D eigenvalue weighted by Gasteiger charge is -2.35. The molecular formula is C36H38N4O5. The summed E-state index contributed by atoms with van der Waals surface area (Å²) in [6.07, 6.45) is 4.15. The standard InChI is InChI=1S/C36H38N4O5/c1-3-5-12-19-39(35(44)45-23-27-15-10-7-11-16-27)30(21-26-13-8-6-9-14-26)33(42)40-24-36(22-31(40)32(37)41)28-20-25(4-2)17-18-29(28)38-34(36)43/h3-4,6-11,13-18,20,30-31H,1-2,5,12,19,21-24H2,(H2,37,41)(H,38,43)/t30-,31-,36-/m0/s1. The van der Waals surface area contributed by atoms with Crippen molar-refractivity contribution in [2.45, 2.75) is 49.8 Å². The number of nitrogens with one attached hydrogen (secondary N) is 1. The molecule has 3 atom stereocenters. The summed E-state index contributed by atoms with van der Waals surface area (Å²) >= 11 is 0. The summed E-state index contributed by atoms with van der Waals surface area (Å²) in [7, 11) is 0. The van der Waals surface area contributed by atoms with E-state index in [1.807, 2.05) is 72.8 Å². The predicted molar refractivity (Wildman–Crippen MR) is 173 cm³/mol. The zero-order valence-corrected chi connectivity index (χ0v) is 25.2. The van der Waals surface area contributed by atoms with Gasteiger partial charge < -0.3 is 20.7 Å². The number of likely N-dealkylation sites (tertiary alicyclic amines) is 1. The molecule has 3 aromatic carbocycles. The predicted octanol–water partition coefficient (Wildman–Crippen LogP) is 4.82. The number of hydrogen-bond donors (Lipinski definition) is 2. The fraction of sp³-hybridized carbons (Fsp3) is 0.278. The number of rotatable bonds is 12. The number of carbonyl (C=O) groups is 4. The van der Waals surface area contributed by atoms with Gasteiger partial charge in [0.1, 0.15) is 18.7 Å². The van der Waals surface area contributed by atoms with Gasteiger partial charge in [-0.3, -0.25) is 19.3 Å². The fourth-order valence-electron chi connectivity index (χ4n) is 6.25. The van der Waals surface area contributed by atoms with Crippen molar-refractivity contribution in [3.63, 3.8) is 0 Å². The Morgan fingerprint density at radius 2 is 1.73 bits per heavy atom. The fourth-order valence-corrected chi connectivity index (χ4v) is 6.25. The van der Waals surface area contributed by atoms with Gasteiger partial charge in [0.25, 0.3) is 0 Å². The zero-order valence-electron chi connectivity index (χ0n) is 25.2. The van der Waals surface area contributed by atoms with Crippen molar-refractivity contribution < 1.29 is 23.9 Å². The summed E-state index contributed by atoms with van der Waals surface area (Å²) in [4.78, 5) is 57.8. The number of ether oxygens (including phenoxy) is 1. The van der Waals surface area contributed by atoms with Gasteiger partial charge in [0.15, 0.2) is 0 Å². The van der Waals surface area contributed by atoms with Gasteiger partial charge in [-0.15, -0.1) is 6.58 Å². The molecule has 9 heteroatoms. The molecule has 2 aliphatic rings. The lowest BCUT2D eigenvalue weighted by Crippen LogP contribution is -2.55. The largest absolute Gasteiger partial charge is 0.445 e. The van der Waals surface area contributed by atoms with Crippen molar-refractivity contribution in [1.29, 1.82) is 0 Å². The Morgan fingerprint density at radius 3 is 2.38 bits per heavy atom. The quantitative estimate of drug-likeness (QED) is 0.226. The number of unbranched alkanes of at least 4 members (excludes halogenated alkanes) is 1. The Hall–Kier alpha value is -5.18. The highest BCUT2D eigenvalue weighted by atomic mass is 16.6. The van der Waals surface area contributed by atoms with Crippen LogP contribution in [0.2, 0.25) is 0 Å². The minimum Gasteiger partial charge on any atom is -0.445 e. The molecule has 0 aromatic heterocycles. The van der Waals surface area contributed by atoms with E-state index in [1.165, 1.54) is 9.80 Å². The Labute approximate surface area is 263 Å². The second-order valence-corrected chi connectivity index (χ2v) is 11.5. The number of benzene rings is 3. The van der Waals surface area contributed by atoms with E-state index < -0.39 is 35.4 Å². The number of nitrogens with zero attached hydrogens (tertiary/aromatic N) is 2. The molecule has 5 rings (SSSR count). The molecule has 1 fully saturated rings. The number of anilines is 1. The van der Waals surface area contributed by atoms with Gasteiger partial charge in [-0.25, -0.2) is 4.79 Å². The smallest absolute Gasteiger partial charge is 0.410 e. The minimum atomic E-state index is -1.18. The van der Waals surface area contributed by atoms with Gasteiger partial charge in [0, 0.05) is 25.2 Å². The number of primary amides is 1. The summed E-state index contributed by atoms with van der Waals surface area (Å²) in [6, 6.07) is 22.1. The van der Waals surface area contributed by atoms with Gasteiger partial charge in [0.2, 0.25) is 17.7 Å². The molecule has 0 unspecified atom stereocenters. The van der Waals surface area contributed by atoms with Crippen molar-refractivity contribution in [2.24, 2.45) is 5.73 Å².